The van der Waals surface area contributed by atoms with E-state index in [0.29, 0.717) is 6.54 Å². The highest BCUT2D eigenvalue weighted by Crippen LogP contribution is 2.16. The monoisotopic (exact) mass is 366 g/mol. The molecule has 3 heterocycles. The molecule has 27 heavy (non-hydrogen) atoms. The van der Waals surface area contributed by atoms with Gasteiger partial charge in [-0.05, 0) is 18.2 Å². The second-order valence-corrected chi connectivity index (χ2v) is 7.03. The molecule has 7 nitrogen and oxygen atoms in total. The van der Waals surface area contributed by atoms with Gasteiger partial charge in [0.15, 0.2) is 0 Å². The maximum absolute atomic E-state index is 12.7. The van der Waals surface area contributed by atoms with Crippen LogP contribution < -0.4 is 9.80 Å². The van der Waals surface area contributed by atoms with E-state index < -0.39 is 0 Å². The molecule has 4 rings (SSSR count). The van der Waals surface area contributed by atoms with Gasteiger partial charge in [-0.1, -0.05) is 18.2 Å². The van der Waals surface area contributed by atoms with Crippen LogP contribution in [-0.4, -0.2) is 84.6 Å². The van der Waals surface area contributed by atoms with E-state index >= 15 is 0 Å². The van der Waals surface area contributed by atoms with Crippen LogP contribution in [0.15, 0.2) is 48.9 Å². The number of carbonyl (C=O) groups is 1. The number of piperazine rings is 2. The smallest absolute Gasteiger partial charge is 0.236 e. The minimum atomic E-state index is 0.248. The van der Waals surface area contributed by atoms with Crippen molar-refractivity contribution in [2.24, 2.45) is 0 Å². The number of anilines is 2. The van der Waals surface area contributed by atoms with E-state index in [1.54, 1.807) is 12.5 Å². The molecule has 2 aliphatic rings. The lowest BCUT2D eigenvalue weighted by Gasteiger charge is -2.38. The Hall–Kier alpha value is -2.67. The van der Waals surface area contributed by atoms with Crippen molar-refractivity contribution in [2.75, 3.05) is 68.7 Å². The minimum absolute atomic E-state index is 0.248. The third kappa shape index (κ3) is 4.36. The number of para-hydroxylation sites is 1. The molecule has 7 heteroatoms. The highest BCUT2D eigenvalue weighted by atomic mass is 16.2. The number of hydrogen-bond donors (Lipinski definition) is 0. The van der Waals surface area contributed by atoms with E-state index in [4.69, 9.17) is 0 Å². The minimum Gasteiger partial charge on any atom is -0.368 e. The number of rotatable bonds is 4. The van der Waals surface area contributed by atoms with Crippen molar-refractivity contribution in [3.63, 3.8) is 0 Å². The summed E-state index contributed by atoms with van der Waals surface area (Å²) >= 11 is 0. The van der Waals surface area contributed by atoms with Gasteiger partial charge >= 0.3 is 0 Å². The highest BCUT2D eigenvalue weighted by molar-refractivity contribution is 5.78. The van der Waals surface area contributed by atoms with Gasteiger partial charge in [0.1, 0.15) is 12.1 Å². The molecule has 0 saturated carbocycles. The largest absolute Gasteiger partial charge is 0.368 e. The van der Waals surface area contributed by atoms with Gasteiger partial charge in [0.05, 0.1) is 6.54 Å². The van der Waals surface area contributed by atoms with Gasteiger partial charge < -0.3 is 14.7 Å². The van der Waals surface area contributed by atoms with Gasteiger partial charge in [-0.3, -0.25) is 9.69 Å². The zero-order valence-electron chi connectivity index (χ0n) is 15.6. The van der Waals surface area contributed by atoms with Crippen molar-refractivity contribution < 1.29 is 4.79 Å². The van der Waals surface area contributed by atoms with E-state index in [1.165, 1.54) is 5.69 Å². The number of amides is 1. The molecule has 2 aliphatic heterocycles. The first-order chi connectivity index (χ1) is 13.3. The zero-order chi connectivity index (χ0) is 18.5. The molecule has 1 aromatic heterocycles. The van der Waals surface area contributed by atoms with Crippen LogP contribution in [0, 0.1) is 0 Å². The van der Waals surface area contributed by atoms with E-state index in [2.05, 4.69) is 48.9 Å². The Kier molecular flexibility index (Phi) is 5.48. The molecule has 2 aromatic rings. The van der Waals surface area contributed by atoms with Crippen LogP contribution in [0.2, 0.25) is 0 Å². The number of nitrogens with zero attached hydrogens (tertiary/aromatic N) is 6. The molecule has 0 atom stereocenters. The molecule has 0 unspecified atom stereocenters. The molecule has 1 aromatic carbocycles. The van der Waals surface area contributed by atoms with E-state index in [0.717, 1.165) is 58.2 Å². The summed E-state index contributed by atoms with van der Waals surface area (Å²) < 4.78 is 0. The SMILES string of the molecule is O=C(CN1CCN(c2ccncn2)CC1)N1CCN(c2ccccc2)CC1. The fourth-order valence-corrected chi connectivity index (χ4v) is 3.75. The number of hydrogen-bond acceptors (Lipinski definition) is 6. The Morgan fingerprint density at radius 2 is 1.56 bits per heavy atom. The third-order valence-corrected chi connectivity index (χ3v) is 5.38. The fourth-order valence-electron chi connectivity index (χ4n) is 3.75. The van der Waals surface area contributed by atoms with Crippen molar-refractivity contribution in [3.8, 4) is 0 Å². The second kappa shape index (κ2) is 8.35. The van der Waals surface area contributed by atoms with Gasteiger partial charge in [-0.25, -0.2) is 9.97 Å². The lowest BCUT2D eigenvalue weighted by Crippen LogP contribution is -2.54. The summed E-state index contributed by atoms with van der Waals surface area (Å²) in [5, 5.41) is 0. The number of aromatic nitrogens is 2. The van der Waals surface area contributed by atoms with E-state index in [-0.39, 0.29) is 5.91 Å². The average Bonchev–Trinajstić information content (AvgIpc) is 2.76. The van der Waals surface area contributed by atoms with Crippen molar-refractivity contribution in [1.82, 2.24) is 19.8 Å². The van der Waals surface area contributed by atoms with Crippen LogP contribution >= 0.6 is 0 Å². The Morgan fingerprint density at radius 3 is 2.22 bits per heavy atom. The number of carbonyl (C=O) groups excluding carboxylic acids is 1. The molecule has 0 N–H and O–H groups in total. The summed E-state index contributed by atoms with van der Waals surface area (Å²) in [6, 6.07) is 12.4. The molecule has 2 saturated heterocycles. The molecule has 0 spiro atoms. The van der Waals surface area contributed by atoms with Crippen LogP contribution in [0.5, 0.6) is 0 Å². The van der Waals surface area contributed by atoms with Gasteiger partial charge in [0, 0.05) is 64.2 Å². The topological polar surface area (TPSA) is 55.8 Å². The Balaban J connectivity index is 1.22. The summed E-state index contributed by atoms with van der Waals surface area (Å²) in [7, 11) is 0. The molecular weight excluding hydrogens is 340 g/mol. The van der Waals surface area contributed by atoms with Crippen molar-refractivity contribution >= 4 is 17.4 Å². The molecular formula is C20H26N6O. The molecule has 1 amide bonds. The molecule has 0 aliphatic carbocycles. The van der Waals surface area contributed by atoms with Crippen LogP contribution in [0.4, 0.5) is 11.5 Å². The first-order valence-electron chi connectivity index (χ1n) is 9.61. The average molecular weight is 366 g/mol. The highest BCUT2D eigenvalue weighted by Gasteiger charge is 2.25. The van der Waals surface area contributed by atoms with Crippen LogP contribution in [0.25, 0.3) is 0 Å². The van der Waals surface area contributed by atoms with Gasteiger partial charge in [-0.2, -0.15) is 0 Å². The third-order valence-electron chi connectivity index (χ3n) is 5.38. The second-order valence-electron chi connectivity index (χ2n) is 7.03. The first kappa shape index (κ1) is 17.7. The van der Waals surface area contributed by atoms with Crippen LogP contribution in [-0.2, 0) is 4.79 Å². The quantitative estimate of drug-likeness (QED) is 0.803. The lowest BCUT2D eigenvalue weighted by atomic mass is 10.2. The Bertz CT molecular complexity index is 725. The lowest BCUT2D eigenvalue weighted by molar-refractivity contribution is -0.132. The Morgan fingerprint density at radius 1 is 0.852 bits per heavy atom. The summed E-state index contributed by atoms with van der Waals surface area (Å²) in [4.78, 5) is 29.8. The maximum atomic E-state index is 12.7. The summed E-state index contributed by atoms with van der Waals surface area (Å²) in [5.74, 6) is 1.21. The van der Waals surface area contributed by atoms with Crippen molar-refractivity contribution in [2.45, 2.75) is 0 Å². The van der Waals surface area contributed by atoms with Crippen LogP contribution in [0.1, 0.15) is 0 Å². The van der Waals surface area contributed by atoms with E-state index in [9.17, 15) is 4.79 Å². The first-order valence-corrected chi connectivity index (χ1v) is 9.61. The van der Waals surface area contributed by atoms with Crippen molar-refractivity contribution in [3.05, 3.63) is 48.9 Å². The standard InChI is InChI=1S/C20H26N6O/c27-20(26-14-12-24(13-15-26)18-4-2-1-3-5-18)16-23-8-10-25(11-9-23)19-6-7-21-17-22-19/h1-7,17H,8-16H2. The summed E-state index contributed by atoms with van der Waals surface area (Å²) in [5.41, 5.74) is 1.24. The molecule has 0 radical (unpaired) electrons. The van der Waals surface area contributed by atoms with Gasteiger partial charge in [0.25, 0.3) is 0 Å². The summed E-state index contributed by atoms with van der Waals surface area (Å²) in [6.45, 7) is 7.48. The molecule has 0 bridgehead atoms. The predicted molar refractivity (Wildman–Crippen MR) is 106 cm³/mol. The summed E-state index contributed by atoms with van der Waals surface area (Å²) in [6.07, 6.45) is 3.35. The van der Waals surface area contributed by atoms with Crippen molar-refractivity contribution in [1.29, 1.82) is 0 Å². The van der Waals surface area contributed by atoms with E-state index in [1.807, 2.05) is 17.0 Å². The molecule has 2 fully saturated rings. The predicted octanol–water partition coefficient (Wildman–Crippen LogP) is 0.947. The van der Waals surface area contributed by atoms with Gasteiger partial charge in [-0.15, -0.1) is 0 Å². The zero-order valence-corrected chi connectivity index (χ0v) is 15.6. The fraction of sp³-hybridized carbons (Fsp3) is 0.450. The number of benzene rings is 1. The normalized spacial score (nSPS) is 18.6. The molecule has 142 valence electrons. The van der Waals surface area contributed by atoms with Gasteiger partial charge in [0.2, 0.25) is 5.91 Å². The maximum Gasteiger partial charge on any atom is 0.236 e. The van der Waals surface area contributed by atoms with Crippen LogP contribution in [0.3, 0.4) is 0 Å². The Labute approximate surface area is 160 Å².